The van der Waals surface area contributed by atoms with E-state index in [-0.39, 0.29) is 18.9 Å². The van der Waals surface area contributed by atoms with Crippen LogP contribution in [-0.2, 0) is 16.0 Å². The Morgan fingerprint density at radius 3 is 2.81 bits per heavy atom. The van der Waals surface area contributed by atoms with E-state index in [0.717, 1.165) is 38.4 Å². The summed E-state index contributed by atoms with van der Waals surface area (Å²) in [6.07, 6.45) is 0.231. The lowest BCUT2D eigenvalue weighted by atomic mass is 10.1. The van der Waals surface area contributed by atoms with Gasteiger partial charge in [-0.25, -0.2) is 0 Å². The van der Waals surface area contributed by atoms with Gasteiger partial charge in [0.05, 0.1) is 19.8 Å². The number of amides is 1. The zero-order valence-corrected chi connectivity index (χ0v) is 12.3. The zero-order chi connectivity index (χ0) is 16.5. The van der Waals surface area contributed by atoms with Crippen molar-refractivity contribution in [3.05, 3.63) is 35.9 Å². The lowest BCUT2D eigenvalue weighted by Gasteiger charge is -2.26. The molecule has 0 spiro atoms. The quantitative estimate of drug-likeness (QED) is 0.722. The summed E-state index contributed by atoms with van der Waals surface area (Å²) in [6, 6.07) is 9.41. The molecule has 2 N–H and O–H groups in total. The first-order chi connectivity index (χ1) is 11.1. The van der Waals surface area contributed by atoms with Crippen molar-refractivity contribution >= 4 is 5.91 Å². The number of hydrogen-bond acceptors (Lipinski definition) is 4. The molecule has 0 atom stereocenters. The summed E-state index contributed by atoms with van der Waals surface area (Å²) in [6.45, 7) is 3.02. The molecule has 2 rings (SSSR count). The highest BCUT2D eigenvalue weighted by Crippen LogP contribution is 1.98. The average molecular weight is 293 g/mol. The van der Waals surface area contributed by atoms with Gasteiger partial charge in [-0.05, 0) is 18.5 Å². The summed E-state index contributed by atoms with van der Waals surface area (Å²) in [7, 11) is 0. The summed E-state index contributed by atoms with van der Waals surface area (Å²) in [5.74, 6) is -0.185. The first-order valence-electron chi connectivity index (χ1n) is 8.41. The number of ether oxygens (including phenoxy) is 1. The maximum Gasteiger partial charge on any atom is 0.234 e. The Morgan fingerprint density at radius 2 is 2.05 bits per heavy atom. The maximum absolute atomic E-state index is 11.8. The van der Waals surface area contributed by atoms with Crippen LogP contribution in [0.3, 0.4) is 0 Å². The highest BCUT2D eigenvalue weighted by molar-refractivity contribution is 5.77. The lowest BCUT2D eigenvalue weighted by Crippen LogP contribution is -2.43. The molecule has 1 aliphatic rings. The number of benzene rings is 1. The Kier molecular flexibility index (Phi) is 5.99. The van der Waals surface area contributed by atoms with Crippen LogP contribution in [0.2, 0.25) is 0 Å². The highest BCUT2D eigenvalue weighted by Gasteiger charge is 2.09. The minimum atomic E-state index is -1.61. The van der Waals surface area contributed by atoms with Gasteiger partial charge in [0, 0.05) is 28.9 Å². The molecule has 0 saturated carbocycles. The highest BCUT2D eigenvalue weighted by atomic mass is 16.5. The Labute approximate surface area is 129 Å². The number of nitrogens with one attached hydrogen (secondary N) is 2. The van der Waals surface area contributed by atoms with Gasteiger partial charge in [-0.15, -0.1) is 0 Å². The third-order valence-corrected chi connectivity index (χ3v) is 3.36. The Hall–Kier alpha value is -1.43. The summed E-state index contributed by atoms with van der Waals surface area (Å²) < 4.78 is 21.2. The topological polar surface area (TPSA) is 53.6 Å². The molecule has 5 nitrogen and oxygen atoms in total. The molecule has 1 saturated heterocycles. The van der Waals surface area contributed by atoms with Crippen LogP contribution < -0.4 is 10.6 Å². The van der Waals surface area contributed by atoms with Crippen molar-refractivity contribution in [3.8, 4) is 0 Å². The van der Waals surface area contributed by atoms with E-state index in [0.29, 0.717) is 6.54 Å². The van der Waals surface area contributed by atoms with Crippen LogP contribution in [0, 0.1) is 0 Å². The molecule has 1 aromatic rings. The van der Waals surface area contributed by atoms with Crippen LogP contribution in [0.4, 0.5) is 0 Å². The van der Waals surface area contributed by atoms with E-state index in [4.69, 9.17) is 7.48 Å². The Balaban J connectivity index is 1.62. The minimum Gasteiger partial charge on any atom is -0.379 e. The van der Waals surface area contributed by atoms with Crippen molar-refractivity contribution in [2.75, 3.05) is 52.4 Å². The average Bonchev–Trinajstić information content (AvgIpc) is 2.55. The molecule has 1 heterocycles. The molecule has 0 bridgehead atoms. The number of nitrogens with zero attached hydrogens (tertiary/aromatic N) is 1. The number of morpholine rings is 1. The second kappa shape index (κ2) is 9.50. The number of carbonyl (C=O) groups is 1. The number of carbonyl (C=O) groups excluding carboxylic acids is 1. The smallest absolute Gasteiger partial charge is 0.234 e. The third kappa shape index (κ3) is 6.71. The van der Waals surface area contributed by atoms with Crippen molar-refractivity contribution < 1.29 is 12.3 Å². The van der Waals surface area contributed by atoms with Crippen molar-refractivity contribution in [3.63, 3.8) is 0 Å². The molecule has 0 radical (unpaired) electrons. The first kappa shape index (κ1) is 13.2. The van der Waals surface area contributed by atoms with E-state index < -0.39 is 6.50 Å². The van der Waals surface area contributed by atoms with Crippen LogP contribution in [0.5, 0.6) is 0 Å². The van der Waals surface area contributed by atoms with Crippen LogP contribution in [0.25, 0.3) is 0 Å². The summed E-state index contributed by atoms with van der Waals surface area (Å²) in [4.78, 5) is 14.0. The predicted molar refractivity (Wildman–Crippen MR) is 83.3 cm³/mol. The molecular weight excluding hydrogens is 266 g/mol. The fraction of sp³-hybridized carbons (Fsp3) is 0.562. The van der Waals surface area contributed by atoms with Gasteiger partial charge >= 0.3 is 0 Å². The van der Waals surface area contributed by atoms with Crippen LogP contribution in [0.1, 0.15) is 8.30 Å². The third-order valence-electron chi connectivity index (χ3n) is 3.36. The predicted octanol–water partition coefficient (Wildman–Crippen LogP) is 0.267. The fourth-order valence-electron chi connectivity index (χ4n) is 2.14. The van der Waals surface area contributed by atoms with E-state index in [1.807, 2.05) is 30.3 Å². The van der Waals surface area contributed by atoms with E-state index in [9.17, 15) is 4.79 Å². The number of aryl methyl sites for hydroxylation is 1. The summed E-state index contributed by atoms with van der Waals surface area (Å²) in [5.41, 5.74) is 0.901. The van der Waals surface area contributed by atoms with Gasteiger partial charge in [-0.1, -0.05) is 30.3 Å². The molecule has 1 amide bonds. The molecule has 0 aliphatic carbocycles. The molecule has 116 valence electrons. The normalized spacial score (nSPS) is 17.9. The number of rotatable bonds is 8. The standard InChI is InChI=1S/C16H25N3O2/c20-16(18-8-9-19-10-12-21-13-11-19)14-17-7-6-15-4-2-1-3-5-15/h1-5,17H,6-14H2,(H,18,20)/i7D2. The van der Waals surface area contributed by atoms with Gasteiger partial charge in [-0.3, -0.25) is 9.69 Å². The van der Waals surface area contributed by atoms with E-state index in [1.165, 1.54) is 0 Å². The fourth-order valence-corrected chi connectivity index (χ4v) is 2.14. The van der Waals surface area contributed by atoms with Gasteiger partial charge < -0.3 is 15.4 Å². The Bertz CT molecular complexity index is 479. The monoisotopic (exact) mass is 293 g/mol. The molecule has 21 heavy (non-hydrogen) atoms. The Morgan fingerprint density at radius 1 is 1.29 bits per heavy atom. The second-order valence-corrected chi connectivity index (χ2v) is 5.00. The second-order valence-electron chi connectivity index (χ2n) is 5.00. The molecule has 0 unspecified atom stereocenters. The van der Waals surface area contributed by atoms with Gasteiger partial charge in [-0.2, -0.15) is 0 Å². The molecular formula is C16H25N3O2. The van der Waals surface area contributed by atoms with E-state index >= 15 is 0 Å². The van der Waals surface area contributed by atoms with Crippen molar-refractivity contribution in [2.24, 2.45) is 0 Å². The first-order valence-corrected chi connectivity index (χ1v) is 7.41. The van der Waals surface area contributed by atoms with Gasteiger partial charge in [0.1, 0.15) is 0 Å². The molecule has 0 aromatic heterocycles. The van der Waals surface area contributed by atoms with Gasteiger partial charge in [0.15, 0.2) is 0 Å². The van der Waals surface area contributed by atoms with Crippen molar-refractivity contribution in [1.82, 2.24) is 15.5 Å². The van der Waals surface area contributed by atoms with Crippen LogP contribution in [-0.4, -0.2) is 63.2 Å². The SMILES string of the molecule is [2H]C([2H])(Cc1ccccc1)NCC(=O)NCCN1CCOCC1. The van der Waals surface area contributed by atoms with Crippen molar-refractivity contribution in [2.45, 2.75) is 6.42 Å². The molecule has 1 fully saturated rings. The van der Waals surface area contributed by atoms with Crippen molar-refractivity contribution in [1.29, 1.82) is 0 Å². The maximum atomic E-state index is 11.8. The van der Waals surface area contributed by atoms with Gasteiger partial charge in [0.2, 0.25) is 5.91 Å². The van der Waals surface area contributed by atoms with Crippen LogP contribution in [0.15, 0.2) is 30.3 Å². The number of hydrogen-bond donors (Lipinski definition) is 2. The molecule has 1 aromatic carbocycles. The zero-order valence-electron chi connectivity index (χ0n) is 14.3. The summed E-state index contributed by atoms with van der Waals surface area (Å²) >= 11 is 0. The lowest BCUT2D eigenvalue weighted by molar-refractivity contribution is -0.120. The molecule has 5 heteroatoms. The van der Waals surface area contributed by atoms with E-state index in [1.54, 1.807) is 0 Å². The van der Waals surface area contributed by atoms with Gasteiger partial charge in [0.25, 0.3) is 0 Å². The summed E-state index contributed by atoms with van der Waals surface area (Å²) in [5, 5.41) is 5.50. The molecule has 1 aliphatic heterocycles. The largest absolute Gasteiger partial charge is 0.379 e. The van der Waals surface area contributed by atoms with E-state index in [2.05, 4.69) is 15.5 Å². The van der Waals surface area contributed by atoms with Crippen LogP contribution >= 0.6 is 0 Å². The minimum absolute atomic E-state index is 0.0249.